The van der Waals surface area contributed by atoms with Crippen LogP contribution in [0.2, 0.25) is 0 Å². The van der Waals surface area contributed by atoms with E-state index in [0.29, 0.717) is 5.92 Å². The van der Waals surface area contributed by atoms with Gasteiger partial charge in [-0.3, -0.25) is 5.43 Å². The maximum atomic E-state index is 4.40. The molecule has 22 heavy (non-hydrogen) atoms. The van der Waals surface area contributed by atoms with Gasteiger partial charge in [-0.15, -0.1) is 0 Å². The lowest BCUT2D eigenvalue weighted by Crippen LogP contribution is -1.98. The second kappa shape index (κ2) is 6.44. The molecule has 2 nitrogen and oxygen atoms in total. The SMILES string of the molecule is CC1=CC(c2ccccc2C=NNc2ccccc2C)C=C1. The van der Waals surface area contributed by atoms with Crippen molar-refractivity contribution >= 4 is 11.9 Å². The van der Waals surface area contributed by atoms with Crippen LogP contribution in [0.25, 0.3) is 0 Å². The summed E-state index contributed by atoms with van der Waals surface area (Å²) in [5, 5.41) is 4.40. The van der Waals surface area contributed by atoms with Gasteiger partial charge in [0.05, 0.1) is 11.9 Å². The normalized spacial score (nSPS) is 17.0. The van der Waals surface area contributed by atoms with Gasteiger partial charge in [-0.25, -0.2) is 0 Å². The zero-order chi connectivity index (χ0) is 15.4. The first-order chi connectivity index (χ1) is 10.7. The molecule has 1 aliphatic rings. The Labute approximate surface area is 131 Å². The summed E-state index contributed by atoms with van der Waals surface area (Å²) in [4.78, 5) is 0. The Morgan fingerprint density at radius 2 is 1.77 bits per heavy atom. The molecule has 0 spiro atoms. The van der Waals surface area contributed by atoms with Crippen molar-refractivity contribution in [3.8, 4) is 0 Å². The van der Waals surface area contributed by atoms with Gasteiger partial charge >= 0.3 is 0 Å². The van der Waals surface area contributed by atoms with Crippen LogP contribution in [-0.4, -0.2) is 6.21 Å². The van der Waals surface area contributed by atoms with E-state index in [4.69, 9.17) is 0 Å². The molecule has 0 saturated carbocycles. The summed E-state index contributed by atoms with van der Waals surface area (Å²) in [5.74, 6) is 0.348. The number of anilines is 1. The number of hydrazone groups is 1. The highest BCUT2D eigenvalue weighted by Crippen LogP contribution is 2.28. The fourth-order valence-electron chi connectivity index (χ4n) is 2.64. The van der Waals surface area contributed by atoms with Gasteiger partial charge in [-0.2, -0.15) is 5.10 Å². The number of hydrogen-bond donors (Lipinski definition) is 1. The van der Waals surface area contributed by atoms with Crippen molar-refractivity contribution < 1.29 is 0 Å². The molecule has 0 aromatic heterocycles. The van der Waals surface area contributed by atoms with Crippen LogP contribution in [0.4, 0.5) is 5.69 Å². The van der Waals surface area contributed by atoms with Crippen LogP contribution in [0.15, 0.2) is 77.4 Å². The zero-order valence-electron chi connectivity index (χ0n) is 13.0. The molecule has 2 aromatic rings. The first kappa shape index (κ1) is 14.3. The molecule has 1 atom stereocenters. The molecule has 2 heteroatoms. The Hall–Kier alpha value is -2.61. The number of rotatable bonds is 4. The lowest BCUT2D eigenvalue weighted by molar-refractivity contribution is 1.09. The fourth-order valence-corrected chi connectivity index (χ4v) is 2.64. The minimum Gasteiger partial charge on any atom is -0.278 e. The third-order valence-corrected chi connectivity index (χ3v) is 3.90. The topological polar surface area (TPSA) is 24.4 Å². The van der Waals surface area contributed by atoms with Gasteiger partial charge < -0.3 is 0 Å². The molecule has 0 fully saturated rings. The fraction of sp³-hybridized carbons (Fsp3) is 0.150. The van der Waals surface area contributed by atoms with Gasteiger partial charge in [0.1, 0.15) is 0 Å². The van der Waals surface area contributed by atoms with E-state index < -0.39 is 0 Å². The highest BCUT2D eigenvalue weighted by Gasteiger charge is 2.12. The second-order valence-electron chi connectivity index (χ2n) is 5.61. The van der Waals surface area contributed by atoms with Crippen molar-refractivity contribution in [2.75, 3.05) is 5.43 Å². The molecule has 3 rings (SSSR count). The number of allylic oxidation sites excluding steroid dienone is 4. The predicted molar refractivity (Wildman–Crippen MR) is 94.5 cm³/mol. The second-order valence-corrected chi connectivity index (χ2v) is 5.61. The van der Waals surface area contributed by atoms with E-state index in [1.807, 2.05) is 30.5 Å². The van der Waals surface area contributed by atoms with Gasteiger partial charge in [-0.05, 0) is 36.6 Å². The highest BCUT2D eigenvalue weighted by molar-refractivity contribution is 5.83. The summed E-state index contributed by atoms with van der Waals surface area (Å²) in [5.41, 5.74) is 9.08. The van der Waals surface area contributed by atoms with Crippen molar-refractivity contribution in [2.24, 2.45) is 5.10 Å². The monoisotopic (exact) mass is 288 g/mol. The molecular formula is C20H20N2. The van der Waals surface area contributed by atoms with Crippen LogP contribution in [0.5, 0.6) is 0 Å². The average molecular weight is 288 g/mol. The van der Waals surface area contributed by atoms with E-state index in [1.54, 1.807) is 0 Å². The van der Waals surface area contributed by atoms with E-state index in [0.717, 1.165) is 11.3 Å². The lowest BCUT2D eigenvalue weighted by Gasteiger charge is -2.10. The van der Waals surface area contributed by atoms with Crippen LogP contribution in [0.3, 0.4) is 0 Å². The first-order valence-electron chi connectivity index (χ1n) is 7.54. The number of benzene rings is 2. The molecular weight excluding hydrogens is 268 g/mol. The van der Waals surface area contributed by atoms with Crippen molar-refractivity contribution in [2.45, 2.75) is 19.8 Å². The average Bonchev–Trinajstić information content (AvgIpc) is 2.96. The molecule has 1 aliphatic carbocycles. The summed E-state index contributed by atoms with van der Waals surface area (Å²) < 4.78 is 0. The van der Waals surface area contributed by atoms with E-state index in [1.165, 1.54) is 16.7 Å². The summed E-state index contributed by atoms with van der Waals surface area (Å²) in [6.07, 6.45) is 8.58. The van der Waals surface area contributed by atoms with Crippen molar-refractivity contribution in [1.29, 1.82) is 0 Å². The highest BCUT2D eigenvalue weighted by atomic mass is 15.3. The van der Waals surface area contributed by atoms with Crippen LogP contribution < -0.4 is 5.43 Å². The molecule has 0 radical (unpaired) electrons. The van der Waals surface area contributed by atoms with Gasteiger partial charge in [-0.1, -0.05) is 66.3 Å². The van der Waals surface area contributed by atoms with E-state index >= 15 is 0 Å². The quantitative estimate of drug-likeness (QED) is 0.618. The van der Waals surface area contributed by atoms with Crippen LogP contribution in [0, 0.1) is 6.92 Å². The Balaban J connectivity index is 1.80. The number of aryl methyl sites for hydroxylation is 1. The summed E-state index contributed by atoms with van der Waals surface area (Å²) in [6, 6.07) is 16.5. The maximum absolute atomic E-state index is 4.40. The van der Waals surface area contributed by atoms with Crippen LogP contribution in [0.1, 0.15) is 29.5 Å². The Kier molecular flexibility index (Phi) is 4.19. The molecule has 0 bridgehead atoms. The first-order valence-corrected chi connectivity index (χ1v) is 7.54. The third-order valence-electron chi connectivity index (χ3n) is 3.90. The van der Waals surface area contributed by atoms with Gasteiger partial charge in [0, 0.05) is 5.92 Å². The van der Waals surface area contributed by atoms with E-state index in [2.05, 4.69) is 66.9 Å². The largest absolute Gasteiger partial charge is 0.278 e. The number of para-hydroxylation sites is 1. The molecule has 2 aromatic carbocycles. The Morgan fingerprint density at radius 3 is 2.55 bits per heavy atom. The summed E-state index contributed by atoms with van der Waals surface area (Å²) in [6.45, 7) is 4.20. The number of hydrogen-bond acceptors (Lipinski definition) is 2. The van der Waals surface area contributed by atoms with Gasteiger partial charge in [0.25, 0.3) is 0 Å². The van der Waals surface area contributed by atoms with Crippen molar-refractivity contribution in [3.05, 3.63) is 89.0 Å². The zero-order valence-corrected chi connectivity index (χ0v) is 13.0. The molecule has 1 N–H and O–H groups in total. The van der Waals surface area contributed by atoms with Crippen LogP contribution >= 0.6 is 0 Å². The molecule has 110 valence electrons. The van der Waals surface area contributed by atoms with Gasteiger partial charge in [0.2, 0.25) is 0 Å². The summed E-state index contributed by atoms with van der Waals surface area (Å²) >= 11 is 0. The maximum Gasteiger partial charge on any atom is 0.0590 e. The lowest BCUT2D eigenvalue weighted by atomic mass is 9.96. The third kappa shape index (κ3) is 3.17. The smallest absolute Gasteiger partial charge is 0.0590 e. The number of nitrogens with one attached hydrogen (secondary N) is 1. The molecule has 0 saturated heterocycles. The summed E-state index contributed by atoms with van der Waals surface area (Å²) in [7, 11) is 0. The minimum absolute atomic E-state index is 0.348. The van der Waals surface area contributed by atoms with Gasteiger partial charge in [0.15, 0.2) is 0 Å². The molecule has 0 amide bonds. The van der Waals surface area contributed by atoms with Crippen LogP contribution in [-0.2, 0) is 0 Å². The van der Waals surface area contributed by atoms with E-state index in [9.17, 15) is 0 Å². The van der Waals surface area contributed by atoms with E-state index in [-0.39, 0.29) is 0 Å². The Morgan fingerprint density at radius 1 is 1.00 bits per heavy atom. The van der Waals surface area contributed by atoms with Crippen molar-refractivity contribution in [1.82, 2.24) is 0 Å². The molecule has 0 aliphatic heterocycles. The Bertz CT molecular complexity index is 754. The standard InChI is InChI=1S/C20H20N2/c1-15-11-12-17(13-15)19-9-5-4-8-18(19)14-21-22-20-10-6-3-7-16(20)2/h3-14,17,22H,1-2H3. The minimum atomic E-state index is 0.348. The predicted octanol–water partition coefficient (Wildman–Crippen LogP) is 5.04. The number of nitrogens with zero attached hydrogens (tertiary/aromatic N) is 1. The molecule has 0 heterocycles. The molecule has 1 unspecified atom stereocenters. The van der Waals surface area contributed by atoms with Crippen molar-refractivity contribution in [3.63, 3.8) is 0 Å².